The third-order valence-electron chi connectivity index (χ3n) is 2.22. The molecular weight excluding hydrogens is 194 g/mol. The zero-order valence-corrected chi connectivity index (χ0v) is 9.81. The minimum atomic E-state index is 0.437. The average Bonchev–Trinajstić information content (AvgIpc) is 2.15. The first-order chi connectivity index (χ1) is 6.63. The molecule has 0 radical (unpaired) electrons. The molecule has 0 bridgehead atoms. The highest BCUT2D eigenvalue weighted by molar-refractivity contribution is 6.30. The van der Waals surface area contributed by atoms with Gasteiger partial charge >= 0.3 is 0 Å². The van der Waals surface area contributed by atoms with Crippen LogP contribution in [0.4, 0.5) is 0 Å². The van der Waals surface area contributed by atoms with E-state index in [2.05, 4.69) is 38.2 Å². The monoisotopic (exact) mass is 211 g/mol. The van der Waals surface area contributed by atoms with E-state index in [1.165, 1.54) is 5.56 Å². The lowest BCUT2D eigenvalue weighted by Gasteiger charge is -2.20. The topological polar surface area (TPSA) is 12.0 Å². The second kappa shape index (κ2) is 5.38. The van der Waals surface area contributed by atoms with Crippen LogP contribution in [0.1, 0.15) is 38.8 Å². The zero-order valence-electron chi connectivity index (χ0n) is 9.05. The molecule has 0 amide bonds. The molecule has 1 aromatic rings. The van der Waals surface area contributed by atoms with Crippen molar-refractivity contribution in [1.82, 2.24) is 5.32 Å². The third kappa shape index (κ3) is 3.32. The molecule has 0 aromatic heterocycles. The summed E-state index contributed by atoms with van der Waals surface area (Å²) in [5.41, 5.74) is 1.31. The maximum absolute atomic E-state index is 5.84. The predicted molar refractivity (Wildman–Crippen MR) is 62.8 cm³/mol. The van der Waals surface area contributed by atoms with Crippen molar-refractivity contribution in [2.45, 2.75) is 39.3 Å². The van der Waals surface area contributed by atoms with Crippen LogP contribution in [0.5, 0.6) is 0 Å². The van der Waals surface area contributed by atoms with Gasteiger partial charge in [0.15, 0.2) is 0 Å². The molecule has 2 heteroatoms. The fourth-order valence-corrected chi connectivity index (χ4v) is 1.67. The van der Waals surface area contributed by atoms with Gasteiger partial charge in [-0.15, -0.1) is 0 Å². The van der Waals surface area contributed by atoms with Crippen molar-refractivity contribution in [3.63, 3.8) is 0 Å². The van der Waals surface area contributed by atoms with E-state index in [1.807, 2.05) is 12.1 Å². The van der Waals surface area contributed by atoms with Crippen LogP contribution < -0.4 is 5.32 Å². The molecule has 0 fully saturated rings. The summed E-state index contributed by atoms with van der Waals surface area (Å²) < 4.78 is 0. The molecule has 0 heterocycles. The van der Waals surface area contributed by atoms with Crippen molar-refractivity contribution in [3.05, 3.63) is 34.9 Å². The summed E-state index contributed by atoms with van der Waals surface area (Å²) in [6, 6.07) is 9.02. The van der Waals surface area contributed by atoms with E-state index in [0.29, 0.717) is 12.1 Å². The molecule has 0 aliphatic carbocycles. The number of halogens is 1. The molecule has 0 aliphatic rings. The zero-order chi connectivity index (χ0) is 10.6. The van der Waals surface area contributed by atoms with Crippen LogP contribution in [0.3, 0.4) is 0 Å². The van der Waals surface area contributed by atoms with Crippen molar-refractivity contribution >= 4 is 11.6 Å². The first kappa shape index (κ1) is 11.5. The van der Waals surface area contributed by atoms with Crippen LogP contribution in [0.15, 0.2) is 24.3 Å². The summed E-state index contributed by atoms with van der Waals surface area (Å²) in [6.45, 7) is 6.52. The van der Waals surface area contributed by atoms with Crippen LogP contribution in [-0.2, 0) is 0 Å². The van der Waals surface area contributed by atoms with Crippen LogP contribution >= 0.6 is 11.6 Å². The van der Waals surface area contributed by atoms with E-state index < -0.39 is 0 Å². The molecular formula is C12H18ClN. The average molecular weight is 212 g/mol. The maximum atomic E-state index is 5.84. The Morgan fingerprint density at radius 2 is 1.79 bits per heavy atom. The molecule has 78 valence electrons. The van der Waals surface area contributed by atoms with Gasteiger partial charge < -0.3 is 5.32 Å². The Morgan fingerprint density at radius 3 is 2.21 bits per heavy atom. The van der Waals surface area contributed by atoms with E-state index in [4.69, 9.17) is 11.6 Å². The fourth-order valence-electron chi connectivity index (χ4n) is 1.55. The first-order valence-corrected chi connectivity index (χ1v) is 5.52. The first-order valence-electron chi connectivity index (χ1n) is 5.15. The second-order valence-corrected chi connectivity index (χ2v) is 4.27. The van der Waals surface area contributed by atoms with E-state index in [-0.39, 0.29) is 0 Å². The summed E-state index contributed by atoms with van der Waals surface area (Å²) >= 11 is 5.84. The maximum Gasteiger partial charge on any atom is 0.0406 e. The van der Waals surface area contributed by atoms with E-state index >= 15 is 0 Å². The van der Waals surface area contributed by atoms with Gasteiger partial charge in [0.1, 0.15) is 0 Å². The Bertz CT molecular complexity index is 266. The lowest BCUT2D eigenvalue weighted by Crippen LogP contribution is -2.27. The molecule has 1 nitrogen and oxygen atoms in total. The smallest absolute Gasteiger partial charge is 0.0406 e. The van der Waals surface area contributed by atoms with Crippen molar-refractivity contribution in [2.24, 2.45) is 0 Å². The summed E-state index contributed by atoms with van der Waals surface area (Å²) in [4.78, 5) is 0. The normalized spacial score (nSPS) is 13.2. The number of hydrogen-bond donors (Lipinski definition) is 1. The highest BCUT2D eigenvalue weighted by atomic mass is 35.5. The Labute approximate surface area is 91.5 Å². The number of hydrogen-bond acceptors (Lipinski definition) is 1. The van der Waals surface area contributed by atoms with Crippen molar-refractivity contribution in [1.29, 1.82) is 0 Å². The molecule has 1 aromatic carbocycles. The van der Waals surface area contributed by atoms with Gasteiger partial charge in [0.05, 0.1) is 0 Å². The Kier molecular flexibility index (Phi) is 4.43. The van der Waals surface area contributed by atoms with Gasteiger partial charge in [-0.2, -0.15) is 0 Å². The van der Waals surface area contributed by atoms with Gasteiger partial charge in [-0.1, -0.05) is 44.5 Å². The second-order valence-electron chi connectivity index (χ2n) is 3.83. The largest absolute Gasteiger partial charge is 0.308 e. The van der Waals surface area contributed by atoms with Gasteiger partial charge in [-0.05, 0) is 24.1 Å². The van der Waals surface area contributed by atoms with E-state index in [1.54, 1.807) is 0 Å². The molecule has 0 saturated carbocycles. The minimum Gasteiger partial charge on any atom is -0.308 e. The lowest BCUT2D eigenvalue weighted by molar-refractivity contribution is 0.466. The van der Waals surface area contributed by atoms with Crippen LogP contribution in [0, 0.1) is 0 Å². The Balaban J connectivity index is 2.73. The summed E-state index contributed by atoms with van der Waals surface area (Å²) in [6.07, 6.45) is 1.10. The van der Waals surface area contributed by atoms with Gasteiger partial charge in [-0.3, -0.25) is 0 Å². The van der Waals surface area contributed by atoms with Gasteiger partial charge in [-0.25, -0.2) is 0 Å². The highest BCUT2D eigenvalue weighted by Crippen LogP contribution is 2.19. The van der Waals surface area contributed by atoms with Crippen molar-refractivity contribution < 1.29 is 0 Å². The van der Waals surface area contributed by atoms with Crippen molar-refractivity contribution in [2.75, 3.05) is 0 Å². The molecule has 0 spiro atoms. The van der Waals surface area contributed by atoms with Crippen molar-refractivity contribution in [3.8, 4) is 0 Å². The minimum absolute atomic E-state index is 0.437. The third-order valence-corrected chi connectivity index (χ3v) is 2.47. The molecule has 1 atom stereocenters. The molecule has 0 aliphatic heterocycles. The molecule has 14 heavy (non-hydrogen) atoms. The Hall–Kier alpha value is -0.530. The van der Waals surface area contributed by atoms with E-state index in [0.717, 1.165) is 11.4 Å². The van der Waals surface area contributed by atoms with Gasteiger partial charge in [0.2, 0.25) is 0 Å². The van der Waals surface area contributed by atoms with Crippen LogP contribution in [0.2, 0.25) is 5.02 Å². The SMILES string of the molecule is CC[C@@H](NC(C)C)c1ccc(Cl)cc1. The summed E-state index contributed by atoms with van der Waals surface area (Å²) in [7, 11) is 0. The van der Waals surface area contributed by atoms with Gasteiger partial charge in [0.25, 0.3) is 0 Å². The fraction of sp³-hybridized carbons (Fsp3) is 0.500. The van der Waals surface area contributed by atoms with E-state index in [9.17, 15) is 0 Å². The quantitative estimate of drug-likeness (QED) is 0.799. The summed E-state index contributed by atoms with van der Waals surface area (Å²) in [5.74, 6) is 0. The number of rotatable bonds is 4. The number of nitrogens with one attached hydrogen (secondary N) is 1. The molecule has 0 saturated heterocycles. The number of benzene rings is 1. The lowest BCUT2D eigenvalue weighted by atomic mass is 10.0. The highest BCUT2D eigenvalue weighted by Gasteiger charge is 2.09. The molecule has 1 N–H and O–H groups in total. The molecule has 1 rings (SSSR count). The van der Waals surface area contributed by atoms with Gasteiger partial charge in [0, 0.05) is 17.1 Å². The summed E-state index contributed by atoms with van der Waals surface area (Å²) in [5, 5.41) is 4.32. The molecule has 0 unspecified atom stereocenters. The Morgan fingerprint density at radius 1 is 1.21 bits per heavy atom. The predicted octanol–water partition coefficient (Wildman–Crippen LogP) is 3.79. The standard InChI is InChI=1S/C12H18ClN/c1-4-12(14-9(2)3)10-5-7-11(13)8-6-10/h5-9,12,14H,4H2,1-3H3/t12-/m1/s1. The van der Waals surface area contributed by atoms with Crippen LogP contribution in [0.25, 0.3) is 0 Å². The van der Waals surface area contributed by atoms with Crippen LogP contribution in [-0.4, -0.2) is 6.04 Å².